The first-order chi connectivity index (χ1) is 9.02. The third-order valence-electron chi connectivity index (χ3n) is 3.04. The van der Waals surface area contributed by atoms with Gasteiger partial charge in [0.15, 0.2) is 0 Å². The summed E-state index contributed by atoms with van der Waals surface area (Å²) in [5, 5.41) is 20.4. The average molecular weight is 266 g/mol. The number of aliphatic hydroxyl groups is 1. The van der Waals surface area contributed by atoms with Gasteiger partial charge in [-0.3, -0.25) is 20.8 Å². The highest BCUT2D eigenvalue weighted by atomic mass is 16.6. The van der Waals surface area contributed by atoms with Crippen molar-refractivity contribution in [3.8, 4) is 0 Å². The summed E-state index contributed by atoms with van der Waals surface area (Å²) < 4.78 is 0. The largest absolute Gasteiger partial charge is 0.391 e. The molecule has 0 aliphatic carbocycles. The van der Waals surface area contributed by atoms with E-state index in [4.69, 9.17) is 5.84 Å². The maximum absolute atomic E-state index is 12.2. The van der Waals surface area contributed by atoms with Gasteiger partial charge in [-0.2, -0.15) is 0 Å². The van der Waals surface area contributed by atoms with Crippen LogP contribution in [0.15, 0.2) is 18.2 Å². The van der Waals surface area contributed by atoms with E-state index in [2.05, 4.69) is 5.43 Å². The zero-order valence-electron chi connectivity index (χ0n) is 10.1. The lowest BCUT2D eigenvalue weighted by Crippen LogP contribution is -2.30. The predicted molar refractivity (Wildman–Crippen MR) is 67.4 cm³/mol. The van der Waals surface area contributed by atoms with Crippen LogP contribution in [0.4, 0.5) is 11.4 Å². The number of rotatable bonds is 3. The van der Waals surface area contributed by atoms with Crippen molar-refractivity contribution in [2.24, 2.45) is 5.84 Å². The number of aliphatic hydroxyl groups excluding tert-OH is 1. The van der Waals surface area contributed by atoms with Crippen molar-refractivity contribution in [3.63, 3.8) is 0 Å². The van der Waals surface area contributed by atoms with Crippen LogP contribution in [0.2, 0.25) is 0 Å². The first kappa shape index (κ1) is 13.2. The summed E-state index contributed by atoms with van der Waals surface area (Å²) in [6, 6.07) is 3.99. The molecule has 0 saturated carbocycles. The summed E-state index contributed by atoms with van der Waals surface area (Å²) >= 11 is 0. The highest BCUT2D eigenvalue weighted by Crippen LogP contribution is 2.25. The SMILES string of the molecule is NNc1ccc([N+](=O)[O-])c(C(=O)N2CCC(O)C2)c1. The Bertz CT molecular complexity index is 519. The molecule has 1 atom stereocenters. The molecule has 1 fully saturated rings. The second-order valence-electron chi connectivity index (χ2n) is 4.33. The van der Waals surface area contributed by atoms with Crippen LogP contribution < -0.4 is 11.3 Å². The molecule has 0 radical (unpaired) electrons. The first-order valence-electron chi connectivity index (χ1n) is 5.75. The van der Waals surface area contributed by atoms with E-state index >= 15 is 0 Å². The number of nitrogens with zero attached hydrogens (tertiary/aromatic N) is 2. The number of likely N-dealkylation sites (tertiary alicyclic amines) is 1. The Labute approximate surface area is 108 Å². The van der Waals surface area contributed by atoms with Crippen LogP contribution in [0.3, 0.4) is 0 Å². The summed E-state index contributed by atoms with van der Waals surface area (Å²) in [6.45, 7) is 0.577. The highest BCUT2D eigenvalue weighted by molar-refractivity contribution is 5.99. The van der Waals surface area contributed by atoms with Gasteiger partial charge in [-0.15, -0.1) is 0 Å². The van der Waals surface area contributed by atoms with Crippen LogP contribution in [0.5, 0.6) is 0 Å². The molecule has 1 heterocycles. The van der Waals surface area contributed by atoms with Gasteiger partial charge in [0.1, 0.15) is 5.56 Å². The number of nitrogens with two attached hydrogens (primary N) is 1. The minimum absolute atomic E-state index is 0.0328. The predicted octanol–water partition coefficient (Wildman–Crippen LogP) is 0.0872. The Morgan fingerprint density at radius 2 is 2.32 bits per heavy atom. The second kappa shape index (κ2) is 5.21. The van der Waals surface area contributed by atoms with Gasteiger partial charge in [-0.25, -0.2) is 0 Å². The quantitative estimate of drug-likeness (QED) is 0.405. The number of nitro benzene ring substituents is 1. The maximum Gasteiger partial charge on any atom is 0.282 e. The van der Waals surface area contributed by atoms with Crippen LogP contribution in [0.25, 0.3) is 0 Å². The fourth-order valence-electron chi connectivity index (χ4n) is 2.05. The van der Waals surface area contributed by atoms with Crippen molar-refractivity contribution in [3.05, 3.63) is 33.9 Å². The van der Waals surface area contributed by atoms with Gasteiger partial charge in [0.05, 0.1) is 11.0 Å². The molecule has 1 aliphatic rings. The van der Waals surface area contributed by atoms with Crippen molar-refractivity contribution >= 4 is 17.3 Å². The number of amides is 1. The number of hydrogen-bond acceptors (Lipinski definition) is 6. The van der Waals surface area contributed by atoms with Gasteiger partial charge >= 0.3 is 0 Å². The normalized spacial score (nSPS) is 18.4. The third-order valence-corrected chi connectivity index (χ3v) is 3.04. The number of nitrogen functional groups attached to an aromatic ring is 1. The lowest BCUT2D eigenvalue weighted by Gasteiger charge is -2.16. The van der Waals surface area contributed by atoms with Gasteiger partial charge in [0, 0.05) is 24.8 Å². The van der Waals surface area contributed by atoms with E-state index < -0.39 is 16.9 Å². The molecule has 4 N–H and O–H groups in total. The number of nitro groups is 1. The Hall–Kier alpha value is -2.19. The molecule has 1 saturated heterocycles. The minimum Gasteiger partial charge on any atom is -0.391 e. The molecule has 0 spiro atoms. The van der Waals surface area contributed by atoms with Crippen molar-refractivity contribution in [1.82, 2.24) is 4.90 Å². The van der Waals surface area contributed by atoms with Crippen molar-refractivity contribution in [2.75, 3.05) is 18.5 Å². The summed E-state index contributed by atoms with van der Waals surface area (Å²) in [4.78, 5) is 24.0. The molecular weight excluding hydrogens is 252 g/mol. The van der Waals surface area contributed by atoms with Crippen LogP contribution >= 0.6 is 0 Å². The van der Waals surface area contributed by atoms with Gasteiger partial charge in [0.25, 0.3) is 11.6 Å². The van der Waals surface area contributed by atoms with Crippen LogP contribution in [-0.4, -0.2) is 40.0 Å². The molecule has 1 aliphatic heterocycles. The van der Waals surface area contributed by atoms with Gasteiger partial charge in [0.2, 0.25) is 0 Å². The molecule has 102 valence electrons. The number of carbonyl (C=O) groups is 1. The number of carbonyl (C=O) groups excluding carboxylic acids is 1. The summed E-state index contributed by atoms with van der Waals surface area (Å²) in [5.74, 6) is 4.76. The van der Waals surface area contributed by atoms with Crippen LogP contribution in [0, 0.1) is 10.1 Å². The zero-order chi connectivity index (χ0) is 14.0. The molecule has 0 aromatic heterocycles. The van der Waals surface area contributed by atoms with Crippen molar-refractivity contribution in [1.29, 1.82) is 0 Å². The Morgan fingerprint density at radius 3 is 2.84 bits per heavy atom. The summed E-state index contributed by atoms with van der Waals surface area (Å²) in [7, 11) is 0. The number of nitrogens with one attached hydrogen (secondary N) is 1. The van der Waals surface area contributed by atoms with E-state index in [0.29, 0.717) is 18.7 Å². The molecule has 8 heteroatoms. The van der Waals surface area contributed by atoms with E-state index in [1.54, 1.807) is 0 Å². The number of benzene rings is 1. The monoisotopic (exact) mass is 266 g/mol. The fourth-order valence-corrected chi connectivity index (χ4v) is 2.05. The molecule has 1 aromatic carbocycles. The average Bonchev–Trinajstić information content (AvgIpc) is 2.83. The van der Waals surface area contributed by atoms with E-state index in [1.165, 1.54) is 23.1 Å². The lowest BCUT2D eigenvalue weighted by atomic mass is 10.1. The number of hydrogen-bond donors (Lipinski definition) is 3. The fraction of sp³-hybridized carbons (Fsp3) is 0.364. The number of β-amino-alcohol motifs (C(OH)–C–C–N with tert-alkyl or cyclic N) is 1. The number of hydrazine groups is 1. The molecule has 19 heavy (non-hydrogen) atoms. The second-order valence-corrected chi connectivity index (χ2v) is 4.33. The Kier molecular flexibility index (Phi) is 3.63. The molecule has 2 rings (SSSR count). The highest BCUT2D eigenvalue weighted by Gasteiger charge is 2.30. The zero-order valence-corrected chi connectivity index (χ0v) is 10.1. The molecule has 0 bridgehead atoms. The maximum atomic E-state index is 12.2. The van der Waals surface area contributed by atoms with Gasteiger partial charge < -0.3 is 15.4 Å². The van der Waals surface area contributed by atoms with Gasteiger partial charge in [-0.1, -0.05) is 0 Å². The van der Waals surface area contributed by atoms with Crippen LogP contribution in [0.1, 0.15) is 16.8 Å². The molecule has 8 nitrogen and oxygen atoms in total. The molecule has 1 aromatic rings. The molecule has 1 amide bonds. The Balaban J connectivity index is 2.36. The van der Waals surface area contributed by atoms with E-state index in [0.717, 1.165) is 0 Å². The van der Waals surface area contributed by atoms with Crippen LogP contribution in [-0.2, 0) is 0 Å². The first-order valence-corrected chi connectivity index (χ1v) is 5.75. The third kappa shape index (κ3) is 2.64. The van der Waals surface area contributed by atoms with Crippen molar-refractivity contribution < 1.29 is 14.8 Å². The van der Waals surface area contributed by atoms with E-state index in [1.807, 2.05) is 0 Å². The van der Waals surface area contributed by atoms with Gasteiger partial charge in [-0.05, 0) is 18.6 Å². The smallest absolute Gasteiger partial charge is 0.282 e. The number of anilines is 1. The topological polar surface area (TPSA) is 122 Å². The summed E-state index contributed by atoms with van der Waals surface area (Å²) in [6.07, 6.45) is -0.0900. The molecule has 1 unspecified atom stereocenters. The van der Waals surface area contributed by atoms with E-state index in [-0.39, 0.29) is 17.8 Å². The standard InChI is InChI=1S/C11H14N4O4/c12-13-7-1-2-10(15(18)19)9(5-7)11(17)14-4-3-8(16)6-14/h1-2,5,8,13,16H,3-4,6,12H2. The van der Waals surface area contributed by atoms with E-state index in [9.17, 15) is 20.0 Å². The summed E-state index contributed by atoms with van der Waals surface area (Å²) in [5.41, 5.74) is 2.45. The lowest BCUT2D eigenvalue weighted by molar-refractivity contribution is -0.385. The molecular formula is C11H14N4O4. The van der Waals surface area contributed by atoms with Crippen molar-refractivity contribution in [2.45, 2.75) is 12.5 Å². The Morgan fingerprint density at radius 1 is 1.58 bits per heavy atom. The minimum atomic E-state index is -0.611.